The zero-order valence-electron chi connectivity index (χ0n) is 20.7. The van der Waals surface area contributed by atoms with Crippen LogP contribution in [0.25, 0.3) is 6.08 Å². The van der Waals surface area contributed by atoms with Crippen molar-refractivity contribution in [3.63, 3.8) is 0 Å². The van der Waals surface area contributed by atoms with E-state index < -0.39 is 6.10 Å². The second-order valence-corrected chi connectivity index (χ2v) is 9.10. The fourth-order valence-electron chi connectivity index (χ4n) is 3.86. The van der Waals surface area contributed by atoms with E-state index >= 15 is 0 Å². The summed E-state index contributed by atoms with van der Waals surface area (Å²) >= 11 is 0. The molecule has 2 rings (SSSR count). The summed E-state index contributed by atoms with van der Waals surface area (Å²) in [5.41, 5.74) is 1.14. The Morgan fingerprint density at radius 2 is 1.79 bits per heavy atom. The van der Waals surface area contributed by atoms with E-state index in [0.717, 1.165) is 11.1 Å². The first kappa shape index (κ1) is 28.5. The number of carbonyl (C=O) groups is 2. The average molecular weight is 480 g/mol. The number of benzene rings is 1. The molecule has 8 heteroatoms. The van der Waals surface area contributed by atoms with E-state index in [-0.39, 0.29) is 35.3 Å². The number of halogens is 1. The predicted octanol–water partition coefficient (Wildman–Crippen LogP) is 3.63. The SMILES string of the molecule is C/C=C\c1ccc(OC(C)C(=O)NCCCNC(=O)C2=CC(C)(C)NC2(C)C)c(OC)c1.Cl. The van der Waals surface area contributed by atoms with Crippen LogP contribution in [0.2, 0.25) is 0 Å². The Balaban J connectivity index is 0.00000544. The number of carbonyl (C=O) groups excluding carboxylic acids is 2. The number of hydrogen-bond acceptors (Lipinski definition) is 5. The zero-order chi connectivity index (χ0) is 23.9. The first-order valence-electron chi connectivity index (χ1n) is 11.0. The lowest BCUT2D eigenvalue weighted by molar-refractivity contribution is -0.127. The monoisotopic (exact) mass is 479 g/mol. The van der Waals surface area contributed by atoms with Crippen LogP contribution in [-0.2, 0) is 9.59 Å². The second-order valence-electron chi connectivity index (χ2n) is 9.10. The van der Waals surface area contributed by atoms with Gasteiger partial charge in [0.05, 0.1) is 7.11 Å². The maximum Gasteiger partial charge on any atom is 0.260 e. The van der Waals surface area contributed by atoms with Gasteiger partial charge >= 0.3 is 0 Å². The zero-order valence-corrected chi connectivity index (χ0v) is 21.5. The first-order valence-corrected chi connectivity index (χ1v) is 11.0. The van der Waals surface area contributed by atoms with E-state index in [9.17, 15) is 9.59 Å². The van der Waals surface area contributed by atoms with Gasteiger partial charge in [-0.2, -0.15) is 0 Å². The minimum Gasteiger partial charge on any atom is -0.493 e. The quantitative estimate of drug-likeness (QED) is 0.446. The van der Waals surface area contributed by atoms with Gasteiger partial charge in [0.25, 0.3) is 5.91 Å². The number of hydrogen-bond donors (Lipinski definition) is 3. The van der Waals surface area contributed by atoms with Crippen molar-refractivity contribution in [2.75, 3.05) is 20.2 Å². The highest BCUT2D eigenvalue weighted by atomic mass is 35.5. The summed E-state index contributed by atoms with van der Waals surface area (Å²) in [4.78, 5) is 24.9. The highest BCUT2D eigenvalue weighted by Gasteiger charge is 2.39. The maximum atomic E-state index is 12.5. The lowest BCUT2D eigenvalue weighted by Gasteiger charge is -2.27. The van der Waals surface area contributed by atoms with Crippen molar-refractivity contribution < 1.29 is 19.1 Å². The van der Waals surface area contributed by atoms with Gasteiger partial charge in [0.1, 0.15) is 0 Å². The molecule has 2 amide bonds. The van der Waals surface area contributed by atoms with Crippen LogP contribution in [0.15, 0.2) is 35.9 Å². The Morgan fingerprint density at radius 1 is 1.12 bits per heavy atom. The van der Waals surface area contributed by atoms with E-state index in [1.54, 1.807) is 20.1 Å². The van der Waals surface area contributed by atoms with Crippen LogP contribution in [0.3, 0.4) is 0 Å². The van der Waals surface area contributed by atoms with Crippen molar-refractivity contribution in [3.8, 4) is 11.5 Å². The molecule has 184 valence electrons. The number of ether oxygens (including phenoxy) is 2. The Morgan fingerprint density at radius 3 is 2.36 bits per heavy atom. The fraction of sp³-hybridized carbons (Fsp3) is 0.520. The maximum absolute atomic E-state index is 12.5. The van der Waals surface area contributed by atoms with Gasteiger partial charge in [-0.15, -0.1) is 12.4 Å². The van der Waals surface area contributed by atoms with Crippen molar-refractivity contribution >= 4 is 30.3 Å². The molecule has 33 heavy (non-hydrogen) atoms. The van der Waals surface area contributed by atoms with E-state index in [2.05, 4.69) is 16.0 Å². The molecule has 7 nitrogen and oxygen atoms in total. The van der Waals surface area contributed by atoms with E-state index in [1.807, 2.05) is 65.0 Å². The van der Waals surface area contributed by atoms with Crippen LogP contribution in [-0.4, -0.2) is 49.2 Å². The summed E-state index contributed by atoms with van der Waals surface area (Å²) in [6.07, 6.45) is 5.82. The molecule has 3 N–H and O–H groups in total. The third-order valence-electron chi connectivity index (χ3n) is 5.22. The molecule has 1 aromatic rings. The van der Waals surface area contributed by atoms with Crippen molar-refractivity contribution in [1.29, 1.82) is 0 Å². The van der Waals surface area contributed by atoms with Gasteiger partial charge in [0.2, 0.25) is 5.91 Å². The normalized spacial score (nSPS) is 17.0. The lowest BCUT2D eigenvalue weighted by Crippen LogP contribution is -2.47. The third kappa shape index (κ3) is 8.09. The molecule has 0 spiro atoms. The molecule has 0 aliphatic carbocycles. The standard InChI is InChI=1S/C25H37N3O4.ClH/c1-8-10-18-11-12-20(21(15-18)31-7)32-17(2)22(29)26-13-9-14-27-23(30)19-16-24(3,4)28-25(19,5)6;/h8,10-12,15-17,28H,9,13-14H2,1-7H3,(H,26,29)(H,27,30);1H/b10-8-;. The minimum absolute atomic E-state index is 0. The highest BCUT2D eigenvalue weighted by Crippen LogP contribution is 2.30. The lowest BCUT2D eigenvalue weighted by atomic mass is 9.96. The Kier molecular flexibility index (Phi) is 10.5. The van der Waals surface area contributed by atoms with Gasteiger partial charge in [0, 0.05) is 29.7 Å². The van der Waals surface area contributed by atoms with Crippen molar-refractivity contribution in [3.05, 3.63) is 41.5 Å². The van der Waals surface area contributed by atoms with Gasteiger partial charge in [-0.25, -0.2) is 0 Å². The summed E-state index contributed by atoms with van der Waals surface area (Å²) in [6, 6.07) is 5.56. The largest absolute Gasteiger partial charge is 0.493 e. The molecule has 0 bridgehead atoms. The molecule has 1 aliphatic rings. The Hall–Kier alpha value is -2.51. The molecule has 0 saturated heterocycles. The summed E-state index contributed by atoms with van der Waals surface area (Å²) < 4.78 is 11.2. The Bertz CT molecular complexity index is 894. The number of methoxy groups -OCH3 is 1. The number of amides is 2. The molecule has 0 saturated carbocycles. The molecule has 1 atom stereocenters. The molecule has 0 aromatic heterocycles. The smallest absolute Gasteiger partial charge is 0.260 e. The summed E-state index contributed by atoms with van der Waals surface area (Å²) in [7, 11) is 1.57. The highest BCUT2D eigenvalue weighted by molar-refractivity contribution is 5.96. The van der Waals surface area contributed by atoms with Gasteiger partial charge in [-0.3, -0.25) is 14.9 Å². The topological polar surface area (TPSA) is 88.7 Å². The van der Waals surface area contributed by atoms with Crippen molar-refractivity contribution in [1.82, 2.24) is 16.0 Å². The van der Waals surface area contributed by atoms with Crippen LogP contribution in [0.5, 0.6) is 11.5 Å². The van der Waals surface area contributed by atoms with Gasteiger partial charge < -0.3 is 20.1 Å². The molecule has 1 aromatic carbocycles. The van der Waals surface area contributed by atoms with Crippen LogP contribution in [0.1, 0.15) is 53.5 Å². The summed E-state index contributed by atoms with van der Waals surface area (Å²) in [6.45, 7) is 12.6. The molecule has 1 heterocycles. The van der Waals surface area contributed by atoms with Gasteiger partial charge in [-0.1, -0.05) is 24.3 Å². The van der Waals surface area contributed by atoms with Gasteiger partial charge in [0.15, 0.2) is 17.6 Å². The number of allylic oxidation sites excluding steroid dienone is 1. The fourth-order valence-corrected chi connectivity index (χ4v) is 3.86. The number of nitrogens with one attached hydrogen (secondary N) is 3. The summed E-state index contributed by atoms with van der Waals surface area (Å²) in [5.74, 6) is 0.787. The molecule has 0 radical (unpaired) electrons. The Labute approximate surface area is 203 Å². The summed E-state index contributed by atoms with van der Waals surface area (Å²) in [5, 5.41) is 9.22. The predicted molar refractivity (Wildman–Crippen MR) is 135 cm³/mol. The number of rotatable bonds is 10. The van der Waals surface area contributed by atoms with E-state index in [4.69, 9.17) is 9.47 Å². The third-order valence-corrected chi connectivity index (χ3v) is 5.22. The minimum atomic E-state index is -0.677. The molecular formula is C25H38ClN3O4. The van der Waals surface area contributed by atoms with Gasteiger partial charge in [-0.05, 0) is 65.7 Å². The molecule has 0 fully saturated rings. The molecular weight excluding hydrogens is 442 g/mol. The van der Waals surface area contributed by atoms with E-state index in [0.29, 0.717) is 31.0 Å². The van der Waals surface area contributed by atoms with Crippen LogP contribution >= 0.6 is 12.4 Å². The van der Waals surface area contributed by atoms with Crippen molar-refractivity contribution in [2.45, 2.75) is 65.1 Å². The molecule has 1 aliphatic heterocycles. The van der Waals surface area contributed by atoms with Crippen LogP contribution in [0, 0.1) is 0 Å². The second kappa shape index (κ2) is 12.1. The first-order chi connectivity index (χ1) is 15.0. The van der Waals surface area contributed by atoms with Crippen LogP contribution < -0.4 is 25.4 Å². The van der Waals surface area contributed by atoms with Crippen LogP contribution in [0.4, 0.5) is 0 Å². The van der Waals surface area contributed by atoms with E-state index in [1.165, 1.54) is 0 Å². The average Bonchev–Trinajstić information content (AvgIpc) is 2.95. The molecule has 1 unspecified atom stereocenters. The van der Waals surface area contributed by atoms with Crippen molar-refractivity contribution in [2.24, 2.45) is 0 Å².